The van der Waals surface area contributed by atoms with Gasteiger partial charge in [0.15, 0.2) is 9.66 Å². The largest absolute Gasteiger partial charge is 0.335 e. The number of rotatable bonds is 9. The van der Waals surface area contributed by atoms with Crippen molar-refractivity contribution >= 4 is 76.3 Å². The van der Waals surface area contributed by atoms with Crippen LogP contribution in [0, 0.1) is 0 Å². The Bertz CT molecular complexity index is 1780. The molecule has 2 aliphatic rings. The highest BCUT2D eigenvalue weighted by Gasteiger charge is 2.24. The number of aromatic nitrogens is 4. The van der Waals surface area contributed by atoms with Crippen molar-refractivity contribution in [1.82, 2.24) is 9.97 Å². The van der Waals surface area contributed by atoms with E-state index < -0.39 is 0 Å². The lowest BCUT2D eigenvalue weighted by Gasteiger charge is -2.25. The molecule has 0 N–H and O–H groups in total. The molecule has 6 aromatic rings. The van der Waals surface area contributed by atoms with Crippen molar-refractivity contribution in [2.24, 2.45) is 0 Å². The van der Waals surface area contributed by atoms with Gasteiger partial charge >= 0.3 is 0 Å². The van der Waals surface area contributed by atoms with Gasteiger partial charge in [-0.25, -0.2) is 9.13 Å². The van der Waals surface area contributed by atoms with Crippen molar-refractivity contribution in [2.45, 2.75) is 61.4 Å². The first-order valence-electron chi connectivity index (χ1n) is 16.3. The van der Waals surface area contributed by atoms with E-state index in [1.165, 1.54) is 79.9 Å². The molecule has 2 aromatic carbocycles. The normalized spacial score (nSPS) is 15.7. The zero-order valence-corrected chi connectivity index (χ0v) is 29.2. The van der Waals surface area contributed by atoms with Crippen LogP contribution in [0.4, 0.5) is 11.6 Å². The number of benzene rings is 2. The van der Waals surface area contributed by atoms with Crippen LogP contribution in [0.25, 0.3) is 20.4 Å². The third-order valence-corrected chi connectivity index (χ3v) is 13.3. The van der Waals surface area contributed by atoms with Gasteiger partial charge in [0.1, 0.15) is 23.9 Å². The lowest BCUT2D eigenvalue weighted by Crippen LogP contribution is -2.37. The van der Waals surface area contributed by atoms with Gasteiger partial charge in [0.05, 0.1) is 0 Å². The van der Waals surface area contributed by atoms with Gasteiger partial charge in [-0.05, 0) is 107 Å². The monoisotopic (exact) mass is 682 g/mol. The van der Waals surface area contributed by atoms with Crippen molar-refractivity contribution < 1.29 is 9.13 Å². The molecule has 0 spiro atoms. The van der Waals surface area contributed by atoms with Gasteiger partial charge in [0, 0.05) is 36.0 Å². The van der Waals surface area contributed by atoms with Crippen molar-refractivity contribution in [3.8, 4) is 0 Å². The first-order valence-corrected chi connectivity index (χ1v) is 20.2. The molecular weight excluding hydrogens is 645 g/mol. The Labute approximate surface area is 286 Å². The molecule has 8 rings (SSSR count). The number of anilines is 2. The Morgan fingerprint density at radius 3 is 1.37 bits per heavy atom. The predicted octanol–water partition coefficient (Wildman–Crippen LogP) is 8.36. The van der Waals surface area contributed by atoms with Gasteiger partial charge in [0.2, 0.25) is 0 Å². The Morgan fingerprint density at radius 1 is 0.543 bits per heavy atom. The second-order valence-corrected chi connectivity index (χ2v) is 16.3. The van der Waals surface area contributed by atoms with E-state index in [-0.39, 0.29) is 0 Å². The van der Waals surface area contributed by atoms with Crippen molar-refractivity contribution in [3.05, 3.63) is 95.2 Å². The maximum Gasteiger partial charge on any atom is 0.290 e. The van der Waals surface area contributed by atoms with E-state index in [0.29, 0.717) is 0 Å². The van der Waals surface area contributed by atoms with Crippen molar-refractivity contribution in [1.29, 1.82) is 0 Å². The van der Waals surface area contributed by atoms with E-state index >= 15 is 0 Å². The molecule has 0 amide bonds. The highest BCUT2D eigenvalue weighted by atomic mass is 33.1. The number of hydrogen-bond acceptors (Lipinski definition) is 8. The molecule has 0 unspecified atom stereocenters. The molecule has 2 aliphatic heterocycles. The summed E-state index contributed by atoms with van der Waals surface area (Å²) < 4.78 is 4.60. The molecule has 4 aromatic heterocycles. The highest BCUT2D eigenvalue weighted by molar-refractivity contribution is 8.76. The SMILES string of the molecule is c1cc2c(N3CCCCC3)nc[n+](Cc3ccc(SSc4ccc(C[n+]5cnc(N6CCCCC6)c6ccsc65)cc4)cc3)c2s1. The molecule has 0 atom stereocenters. The summed E-state index contributed by atoms with van der Waals surface area (Å²) in [6.07, 6.45) is 11.8. The lowest BCUT2D eigenvalue weighted by atomic mass is 10.1. The van der Waals surface area contributed by atoms with Gasteiger partial charge in [-0.2, -0.15) is 0 Å². The van der Waals surface area contributed by atoms with E-state index in [1.54, 1.807) is 0 Å². The Kier molecular flexibility index (Phi) is 9.11. The van der Waals surface area contributed by atoms with Crippen LogP contribution < -0.4 is 18.9 Å². The molecule has 0 saturated carbocycles. The minimum absolute atomic E-state index is 0.830. The van der Waals surface area contributed by atoms with Crippen LogP contribution in [-0.4, -0.2) is 36.1 Å². The molecule has 2 fully saturated rings. The maximum atomic E-state index is 4.92. The fourth-order valence-electron chi connectivity index (χ4n) is 6.61. The second-order valence-electron chi connectivity index (χ2n) is 12.2. The number of nitrogens with zero attached hydrogens (tertiary/aromatic N) is 6. The first-order chi connectivity index (χ1) is 22.8. The van der Waals surface area contributed by atoms with Gasteiger partial charge in [-0.3, -0.25) is 0 Å². The third-order valence-electron chi connectivity index (χ3n) is 9.03. The summed E-state index contributed by atoms with van der Waals surface area (Å²) >= 11 is 3.62. The smallest absolute Gasteiger partial charge is 0.290 e. The van der Waals surface area contributed by atoms with Crippen LogP contribution in [0.3, 0.4) is 0 Å². The minimum Gasteiger partial charge on any atom is -0.335 e. The van der Waals surface area contributed by atoms with Crippen molar-refractivity contribution in [3.63, 3.8) is 0 Å². The first kappa shape index (κ1) is 30.2. The van der Waals surface area contributed by atoms with Crippen molar-refractivity contribution in [2.75, 3.05) is 36.0 Å². The fourth-order valence-corrected chi connectivity index (χ4v) is 10.3. The van der Waals surface area contributed by atoms with Crippen LogP contribution in [-0.2, 0) is 13.1 Å². The second kappa shape index (κ2) is 13.9. The van der Waals surface area contributed by atoms with Crippen LogP contribution in [0.1, 0.15) is 49.7 Å². The van der Waals surface area contributed by atoms with E-state index in [9.17, 15) is 0 Å². The average molecular weight is 683 g/mol. The van der Waals surface area contributed by atoms with E-state index in [2.05, 4.69) is 90.4 Å². The quantitative estimate of drug-likeness (QED) is 0.113. The summed E-state index contributed by atoms with van der Waals surface area (Å²) in [7, 11) is 3.63. The lowest BCUT2D eigenvalue weighted by molar-refractivity contribution is -0.663. The van der Waals surface area contributed by atoms with Gasteiger partial charge in [0.25, 0.3) is 24.3 Å². The van der Waals surface area contributed by atoms with E-state index in [0.717, 1.165) is 50.9 Å². The number of piperidine rings is 2. The number of thiophene rings is 2. The van der Waals surface area contributed by atoms with Crippen LogP contribution >= 0.6 is 44.3 Å². The maximum absolute atomic E-state index is 4.92. The molecule has 0 aliphatic carbocycles. The molecule has 10 heteroatoms. The Balaban J connectivity index is 0.885. The number of fused-ring (bicyclic) bond motifs is 2. The topological polar surface area (TPSA) is 40.0 Å². The highest BCUT2D eigenvalue weighted by Crippen LogP contribution is 2.37. The summed E-state index contributed by atoms with van der Waals surface area (Å²) in [5, 5.41) is 6.96. The van der Waals surface area contributed by atoms with Gasteiger partial charge in [-0.1, -0.05) is 45.9 Å². The minimum atomic E-state index is 0.830. The van der Waals surface area contributed by atoms with E-state index in [4.69, 9.17) is 9.97 Å². The average Bonchev–Trinajstić information content (AvgIpc) is 3.81. The van der Waals surface area contributed by atoms with E-state index in [1.807, 2.05) is 56.9 Å². The molecule has 0 bridgehead atoms. The molecule has 6 nitrogen and oxygen atoms in total. The summed E-state index contributed by atoms with van der Waals surface area (Å²) in [5.41, 5.74) is 2.59. The zero-order valence-electron chi connectivity index (χ0n) is 25.9. The fraction of sp³-hybridized carbons (Fsp3) is 0.333. The molecule has 6 heterocycles. The summed E-state index contributed by atoms with van der Waals surface area (Å²) in [4.78, 5) is 19.9. The summed E-state index contributed by atoms with van der Waals surface area (Å²) in [6, 6.07) is 22.5. The molecule has 46 heavy (non-hydrogen) atoms. The van der Waals surface area contributed by atoms with Crippen LogP contribution in [0.5, 0.6) is 0 Å². The van der Waals surface area contributed by atoms with Crippen LogP contribution in [0.2, 0.25) is 0 Å². The summed E-state index contributed by atoms with van der Waals surface area (Å²) in [5.74, 6) is 2.31. The summed E-state index contributed by atoms with van der Waals surface area (Å²) in [6.45, 7) is 6.13. The standard InChI is InChI=1S/C36H38N6S4/c1-3-17-39(18-4-1)33-31-15-21-43-35(31)41(25-37-33)23-27-7-11-29(12-8-27)45-46-30-13-9-28(10-14-30)24-42-26-38-34(32-16-22-44-36(32)42)40-19-5-2-6-20-40/h7-16,21-22,25-26H,1-6,17-20,23-24H2/q+2. The third kappa shape index (κ3) is 6.50. The predicted molar refractivity (Wildman–Crippen MR) is 195 cm³/mol. The number of hydrogen-bond donors (Lipinski definition) is 0. The zero-order chi connectivity index (χ0) is 30.7. The molecule has 0 radical (unpaired) electrons. The molecular formula is C36H38N6S4+2. The van der Waals surface area contributed by atoms with Gasteiger partial charge in [-0.15, -0.1) is 22.7 Å². The Morgan fingerprint density at radius 2 is 0.957 bits per heavy atom. The molecule has 234 valence electrons. The molecule has 2 saturated heterocycles. The Hall–Kier alpha value is -3.18. The van der Waals surface area contributed by atoms with Crippen LogP contribution in [0.15, 0.2) is 93.9 Å². The van der Waals surface area contributed by atoms with Gasteiger partial charge < -0.3 is 9.80 Å².